The molecule has 0 atom stereocenters. The van der Waals surface area contributed by atoms with E-state index in [0.717, 1.165) is 18.2 Å². The van der Waals surface area contributed by atoms with E-state index in [9.17, 15) is 23.3 Å². The number of rotatable bonds is 3. The first-order chi connectivity index (χ1) is 7.25. The zero-order valence-corrected chi connectivity index (χ0v) is 9.71. The van der Waals surface area contributed by atoms with Crippen molar-refractivity contribution in [2.45, 2.75) is 4.90 Å². The highest BCUT2D eigenvalue weighted by Gasteiger charge is 2.29. The van der Waals surface area contributed by atoms with Crippen LogP contribution in [0.5, 0.6) is 0 Å². The quantitative estimate of drug-likeness (QED) is 0.480. The Morgan fingerprint density at radius 3 is 2.31 bits per heavy atom. The van der Waals surface area contributed by atoms with E-state index >= 15 is 0 Å². The van der Waals surface area contributed by atoms with Crippen LogP contribution in [0.3, 0.4) is 0 Å². The van der Waals surface area contributed by atoms with Crippen LogP contribution in [0.2, 0.25) is 0 Å². The van der Waals surface area contributed by atoms with E-state index in [2.05, 4.69) is 0 Å². The summed E-state index contributed by atoms with van der Waals surface area (Å²) in [6.45, 7) is 0. The van der Waals surface area contributed by atoms with Crippen LogP contribution in [0.15, 0.2) is 23.1 Å². The molecule has 0 N–H and O–H groups in total. The van der Waals surface area contributed by atoms with Crippen LogP contribution in [-0.4, -0.2) is 18.6 Å². The maximum atomic E-state index is 11.1. The lowest BCUT2D eigenvalue weighted by Gasteiger charge is -2.02. The molecular weight excluding hydrogens is 281 g/mol. The second kappa shape index (κ2) is 4.36. The average Bonchev–Trinajstić information content (AvgIpc) is 2.15. The van der Waals surface area contributed by atoms with Crippen molar-refractivity contribution in [3.05, 3.63) is 33.9 Å². The molecule has 0 spiro atoms. The van der Waals surface area contributed by atoms with Gasteiger partial charge < -0.3 is 0 Å². The van der Waals surface area contributed by atoms with Crippen molar-refractivity contribution in [3.63, 3.8) is 0 Å². The number of carbonyl (C=O) groups excluding carboxylic acids is 1. The van der Waals surface area contributed by atoms with Gasteiger partial charge in [0.1, 0.15) is 0 Å². The number of hydrogen-bond donors (Lipinski definition) is 0. The minimum absolute atomic E-state index is 0.522. The van der Waals surface area contributed by atoms with Gasteiger partial charge in [0, 0.05) is 16.7 Å². The Balaban J connectivity index is 3.75. The van der Waals surface area contributed by atoms with Crippen molar-refractivity contribution in [2.75, 3.05) is 0 Å². The molecule has 6 nitrogen and oxygen atoms in total. The number of nitrogens with zero attached hydrogens (tertiary/aromatic N) is 1. The smallest absolute Gasteiger partial charge is 0.276 e. The number of halogens is 2. The van der Waals surface area contributed by atoms with Crippen LogP contribution < -0.4 is 0 Å². The fourth-order valence-electron chi connectivity index (χ4n) is 1.08. The van der Waals surface area contributed by atoms with Crippen LogP contribution in [0.4, 0.5) is 5.69 Å². The predicted octanol–water partition coefficient (Wildman–Crippen LogP) is 1.90. The molecule has 0 saturated heterocycles. The van der Waals surface area contributed by atoms with E-state index in [1.807, 2.05) is 0 Å². The lowest BCUT2D eigenvalue weighted by Crippen LogP contribution is -2.05. The molecule has 1 aromatic carbocycles. The van der Waals surface area contributed by atoms with Crippen LogP contribution in [0.25, 0.3) is 0 Å². The van der Waals surface area contributed by atoms with E-state index < -0.39 is 35.4 Å². The molecule has 0 aliphatic rings. The third kappa shape index (κ3) is 2.49. The lowest BCUT2D eigenvalue weighted by molar-refractivity contribution is -0.387. The van der Waals surface area contributed by atoms with Crippen molar-refractivity contribution < 1.29 is 18.1 Å². The first kappa shape index (κ1) is 12.9. The van der Waals surface area contributed by atoms with E-state index in [1.165, 1.54) is 0 Å². The Labute approximate surface area is 99.3 Å². The monoisotopic (exact) mass is 283 g/mol. The van der Waals surface area contributed by atoms with Crippen LogP contribution in [-0.2, 0) is 9.05 Å². The van der Waals surface area contributed by atoms with Crippen molar-refractivity contribution in [1.82, 2.24) is 0 Å². The topological polar surface area (TPSA) is 94.3 Å². The molecule has 0 fully saturated rings. The summed E-state index contributed by atoms with van der Waals surface area (Å²) < 4.78 is 22.3. The van der Waals surface area contributed by atoms with Gasteiger partial charge in [0.15, 0.2) is 4.90 Å². The van der Waals surface area contributed by atoms with Gasteiger partial charge in [0.25, 0.3) is 20.0 Å². The molecule has 0 aliphatic carbocycles. The number of carbonyl (C=O) groups is 1. The second-order valence-corrected chi connectivity index (χ2v) is 5.47. The maximum absolute atomic E-state index is 11.1. The normalized spacial score (nSPS) is 11.1. The molecule has 1 aromatic rings. The lowest BCUT2D eigenvalue weighted by atomic mass is 10.2. The van der Waals surface area contributed by atoms with E-state index in [0.29, 0.717) is 0 Å². The summed E-state index contributed by atoms with van der Waals surface area (Å²) in [5, 5.41) is 9.44. The Hall–Kier alpha value is -1.18. The predicted molar refractivity (Wildman–Crippen MR) is 56.3 cm³/mol. The highest BCUT2D eigenvalue weighted by atomic mass is 35.7. The zero-order valence-electron chi connectivity index (χ0n) is 7.38. The number of benzene rings is 1. The molecular formula is C7H3Cl2NO5S. The van der Waals surface area contributed by atoms with Crippen LogP contribution in [0, 0.1) is 10.1 Å². The third-order valence-electron chi connectivity index (χ3n) is 1.65. The molecule has 9 heteroatoms. The summed E-state index contributed by atoms with van der Waals surface area (Å²) in [5.41, 5.74) is -1.31. The van der Waals surface area contributed by atoms with Gasteiger partial charge in [0.05, 0.1) is 10.5 Å². The first-order valence-electron chi connectivity index (χ1n) is 3.67. The van der Waals surface area contributed by atoms with Gasteiger partial charge in [-0.3, -0.25) is 14.9 Å². The fourth-order valence-corrected chi connectivity index (χ4v) is 2.60. The summed E-state index contributed by atoms with van der Waals surface area (Å²) in [6, 6.07) is 3.09. The van der Waals surface area contributed by atoms with Gasteiger partial charge in [-0.15, -0.1) is 0 Å². The van der Waals surface area contributed by atoms with E-state index in [1.54, 1.807) is 0 Å². The van der Waals surface area contributed by atoms with Gasteiger partial charge >= 0.3 is 0 Å². The number of nitro groups is 1. The first-order valence-corrected chi connectivity index (χ1v) is 6.35. The fraction of sp³-hybridized carbons (Fsp3) is 0. The Morgan fingerprint density at radius 1 is 1.38 bits per heavy atom. The van der Waals surface area contributed by atoms with Crippen LogP contribution >= 0.6 is 22.3 Å². The summed E-state index contributed by atoms with van der Waals surface area (Å²) in [6.07, 6.45) is 0. The molecule has 0 aliphatic heterocycles. The standard InChI is InChI=1S/C7H3Cl2NO5S/c8-7(11)4-2-1-3-5(10(12)13)6(4)16(9,14)15/h1-3H. The number of hydrogen-bond acceptors (Lipinski definition) is 5. The van der Waals surface area contributed by atoms with Crippen LogP contribution in [0.1, 0.15) is 10.4 Å². The van der Waals surface area contributed by atoms with Gasteiger partial charge in [-0.05, 0) is 17.7 Å². The van der Waals surface area contributed by atoms with Crippen molar-refractivity contribution in [1.29, 1.82) is 0 Å². The molecule has 1 rings (SSSR count). The van der Waals surface area contributed by atoms with Gasteiger partial charge in [-0.25, -0.2) is 8.42 Å². The minimum atomic E-state index is -4.43. The van der Waals surface area contributed by atoms with Gasteiger partial charge in [-0.1, -0.05) is 6.07 Å². The van der Waals surface area contributed by atoms with Crippen molar-refractivity contribution >= 4 is 42.3 Å². The van der Waals surface area contributed by atoms with Gasteiger partial charge in [-0.2, -0.15) is 0 Å². The summed E-state index contributed by atoms with van der Waals surface area (Å²) in [5.74, 6) is 0. The number of nitro benzene ring substituents is 1. The molecule has 0 radical (unpaired) electrons. The van der Waals surface area contributed by atoms with E-state index in [4.69, 9.17) is 22.3 Å². The Bertz CT molecular complexity index is 536. The van der Waals surface area contributed by atoms with Crippen molar-refractivity contribution in [3.8, 4) is 0 Å². The largest absolute Gasteiger partial charge is 0.290 e. The molecule has 0 aromatic heterocycles. The summed E-state index contributed by atoms with van der Waals surface area (Å²) in [7, 11) is 0.585. The van der Waals surface area contributed by atoms with Gasteiger partial charge in [0.2, 0.25) is 0 Å². The second-order valence-electron chi connectivity index (χ2n) is 2.62. The van der Waals surface area contributed by atoms with Crippen molar-refractivity contribution in [2.24, 2.45) is 0 Å². The Kier molecular flexibility index (Phi) is 3.51. The third-order valence-corrected chi connectivity index (χ3v) is 3.23. The Morgan fingerprint density at radius 2 is 1.94 bits per heavy atom. The minimum Gasteiger partial charge on any atom is -0.276 e. The molecule has 0 saturated carbocycles. The SMILES string of the molecule is O=C(Cl)c1cccc([N+](=O)[O-])c1S(=O)(=O)Cl. The molecule has 86 valence electrons. The zero-order chi connectivity index (χ0) is 12.5. The highest BCUT2D eigenvalue weighted by Crippen LogP contribution is 2.30. The van der Waals surface area contributed by atoms with E-state index in [-0.39, 0.29) is 0 Å². The molecule has 0 bridgehead atoms. The molecule has 0 heterocycles. The maximum Gasteiger partial charge on any atom is 0.290 e. The average molecular weight is 284 g/mol. The summed E-state index contributed by atoms with van der Waals surface area (Å²) in [4.78, 5) is 19.6. The molecule has 16 heavy (non-hydrogen) atoms. The molecule has 0 unspecified atom stereocenters. The summed E-state index contributed by atoms with van der Waals surface area (Å²) >= 11 is 5.11. The molecule has 0 amide bonds. The highest BCUT2D eigenvalue weighted by molar-refractivity contribution is 8.14.